The highest BCUT2D eigenvalue weighted by molar-refractivity contribution is 14.1. The Morgan fingerprint density at radius 3 is 2.57 bits per heavy atom. The molecule has 0 amide bonds. The summed E-state index contributed by atoms with van der Waals surface area (Å²) in [5.74, 6) is 0.914. The maximum atomic E-state index is 10.3. The van der Waals surface area contributed by atoms with Crippen molar-refractivity contribution in [1.29, 1.82) is 0 Å². The highest BCUT2D eigenvalue weighted by atomic mass is 127. The Balaban J connectivity index is 2.20. The molecule has 0 unspecified atom stereocenters. The Hall–Kier alpha value is -1.36. The van der Waals surface area contributed by atoms with Crippen molar-refractivity contribution in [3.63, 3.8) is 0 Å². The number of aromatic hydroxyl groups is 1. The van der Waals surface area contributed by atoms with Crippen LogP contribution < -0.4 is 5.73 Å². The number of nitrogens with two attached hydrogens (primary N) is 1. The van der Waals surface area contributed by atoms with E-state index in [0.29, 0.717) is 22.7 Å². The second-order valence-electron chi connectivity index (χ2n) is 4.26. The Morgan fingerprint density at radius 1 is 1.10 bits per heavy atom. The molecule has 3 rings (SSSR count). The van der Waals surface area contributed by atoms with Gasteiger partial charge in [0.25, 0.3) is 0 Å². The van der Waals surface area contributed by atoms with Crippen LogP contribution in [0.15, 0.2) is 41.0 Å². The molecule has 0 radical (unpaired) electrons. The van der Waals surface area contributed by atoms with Gasteiger partial charge in [-0.15, -0.1) is 0 Å². The quantitative estimate of drug-likeness (QED) is 0.517. The van der Waals surface area contributed by atoms with E-state index in [0.717, 1.165) is 7.14 Å². The summed E-state index contributed by atoms with van der Waals surface area (Å²) < 4.78 is 7.09. The predicted octanol–water partition coefficient (Wildman–Crippen LogP) is 3.90. The molecule has 0 aliphatic heterocycles. The number of hydrogen-bond acceptors (Lipinski definition) is 5. The molecule has 21 heavy (non-hydrogen) atoms. The molecule has 3 N–H and O–H groups in total. The summed E-state index contributed by atoms with van der Waals surface area (Å²) in [6, 6.07) is 9.06. The van der Waals surface area contributed by atoms with Crippen molar-refractivity contribution in [3.05, 3.63) is 43.7 Å². The molecule has 0 saturated heterocycles. The minimum Gasteiger partial charge on any atom is -0.506 e. The van der Waals surface area contributed by atoms with E-state index >= 15 is 0 Å². The molecule has 0 aliphatic rings. The van der Waals surface area contributed by atoms with Gasteiger partial charge in [-0.3, -0.25) is 0 Å². The van der Waals surface area contributed by atoms with Crippen molar-refractivity contribution >= 4 is 51.1 Å². The Labute approximate surface area is 147 Å². The van der Waals surface area contributed by atoms with Gasteiger partial charge in [0.15, 0.2) is 5.76 Å². The van der Waals surface area contributed by atoms with E-state index in [4.69, 9.17) is 10.2 Å². The lowest BCUT2D eigenvalue weighted by Crippen LogP contribution is -1.99. The first-order valence-corrected chi connectivity index (χ1v) is 8.07. The zero-order valence-electron chi connectivity index (χ0n) is 10.5. The summed E-state index contributed by atoms with van der Waals surface area (Å²) in [6.45, 7) is 0. The SMILES string of the molecule is Nc1nc(-c2ccco2)cc(-c2cc(I)cc(I)c2O)n1. The van der Waals surface area contributed by atoms with Gasteiger partial charge in [0.2, 0.25) is 5.95 Å². The summed E-state index contributed by atoms with van der Waals surface area (Å²) in [5, 5.41) is 10.3. The van der Waals surface area contributed by atoms with Crippen molar-refractivity contribution in [2.45, 2.75) is 0 Å². The molecule has 2 heterocycles. The largest absolute Gasteiger partial charge is 0.506 e. The molecule has 106 valence electrons. The zero-order chi connectivity index (χ0) is 15.0. The van der Waals surface area contributed by atoms with E-state index in [1.165, 1.54) is 0 Å². The molecule has 0 saturated carbocycles. The molecule has 0 aliphatic carbocycles. The average Bonchev–Trinajstić information content (AvgIpc) is 2.96. The number of phenolic OH excluding ortho intramolecular Hbond substituents is 1. The fraction of sp³-hybridized carbons (Fsp3) is 0. The van der Waals surface area contributed by atoms with Gasteiger partial charge < -0.3 is 15.3 Å². The number of hydrogen-bond donors (Lipinski definition) is 2. The molecule has 7 heteroatoms. The molecule has 3 aromatic rings. The topological polar surface area (TPSA) is 85.2 Å². The molecule has 1 aromatic carbocycles. The third-order valence-electron chi connectivity index (χ3n) is 2.82. The lowest BCUT2D eigenvalue weighted by molar-refractivity contribution is 0.473. The summed E-state index contributed by atoms with van der Waals surface area (Å²) in [5.41, 5.74) is 7.54. The highest BCUT2D eigenvalue weighted by Gasteiger charge is 2.14. The van der Waals surface area contributed by atoms with Crippen LogP contribution in [0, 0.1) is 7.14 Å². The number of nitrogens with zero attached hydrogens (tertiary/aromatic N) is 2. The summed E-state index contributed by atoms with van der Waals surface area (Å²) >= 11 is 4.28. The van der Waals surface area contributed by atoms with Gasteiger partial charge in [-0.25, -0.2) is 9.97 Å². The number of anilines is 1. The van der Waals surface area contributed by atoms with Crippen molar-refractivity contribution in [1.82, 2.24) is 9.97 Å². The van der Waals surface area contributed by atoms with E-state index in [9.17, 15) is 5.11 Å². The van der Waals surface area contributed by atoms with Crippen LogP contribution in [0.25, 0.3) is 22.7 Å². The van der Waals surface area contributed by atoms with Crippen molar-refractivity contribution in [2.24, 2.45) is 0 Å². The fourth-order valence-electron chi connectivity index (χ4n) is 1.92. The van der Waals surface area contributed by atoms with Crippen LogP contribution in [0.3, 0.4) is 0 Å². The number of aromatic nitrogens is 2. The lowest BCUT2D eigenvalue weighted by atomic mass is 10.1. The van der Waals surface area contributed by atoms with Gasteiger partial charge >= 0.3 is 0 Å². The van der Waals surface area contributed by atoms with Crippen LogP contribution in [0.5, 0.6) is 5.75 Å². The molecule has 2 aromatic heterocycles. The minimum absolute atomic E-state index is 0.132. The second-order valence-corrected chi connectivity index (χ2v) is 6.67. The highest BCUT2D eigenvalue weighted by Crippen LogP contribution is 2.35. The predicted molar refractivity (Wildman–Crippen MR) is 96.7 cm³/mol. The number of phenols is 1. The first-order chi connectivity index (χ1) is 10.0. The van der Waals surface area contributed by atoms with Crippen LogP contribution in [0.4, 0.5) is 5.95 Å². The van der Waals surface area contributed by atoms with Crippen LogP contribution in [-0.2, 0) is 0 Å². The number of halogens is 2. The summed E-state index contributed by atoms with van der Waals surface area (Å²) in [6.07, 6.45) is 1.57. The Morgan fingerprint density at radius 2 is 1.86 bits per heavy atom. The average molecular weight is 505 g/mol. The standard InChI is InChI=1S/C14H9I2N3O2/c15-7-4-8(13(20)9(16)5-7)10-6-11(19-14(17)18-10)12-2-1-3-21-12/h1-6,20H,(H2,17,18,19). The second kappa shape index (κ2) is 5.79. The maximum Gasteiger partial charge on any atom is 0.221 e. The van der Waals surface area contributed by atoms with E-state index in [-0.39, 0.29) is 11.7 Å². The third kappa shape index (κ3) is 2.98. The molecular formula is C14H9I2N3O2. The lowest BCUT2D eigenvalue weighted by Gasteiger charge is -2.09. The number of furan rings is 1. The van der Waals surface area contributed by atoms with Gasteiger partial charge in [-0.05, 0) is 75.5 Å². The molecule has 0 fully saturated rings. The van der Waals surface area contributed by atoms with E-state index in [2.05, 4.69) is 55.1 Å². The summed E-state index contributed by atoms with van der Waals surface area (Å²) in [4.78, 5) is 8.38. The van der Waals surface area contributed by atoms with Crippen molar-refractivity contribution in [2.75, 3.05) is 5.73 Å². The molecule has 0 bridgehead atoms. The first kappa shape index (κ1) is 14.6. The Kier molecular flexibility index (Phi) is 4.02. The number of rotatable bonds is 2. The minimum atomic E-state index is 0.132. The van der Waals surface area contributed by atoms with Crippen molar-refractivity contribution < 1.29 is 9.52 Å². The van der Waals surface area contributed by atoms with Gasteiger partial charge in [-0.2, -0.15) is 0 Å². The van der Waals surface area contributed by atoms with Crippen LogP contribution in [0.2, 0.25) is 0 Å². The Bertz CT molecular complexity index is 804. The fourth-order valence-corrected chi connectivity index (χ4v) is 3.76. The van der Waals surface area contributed by atoms with Gasteiger partial charge in [-0.1, -0.05) is 0 Å². The third-order valence-corrected chi connectivity index (χ3v) is 4.27. The summed E-state index contributed by atoms with van der Waals surface area (Å²) in [7, 11) is 0. The number of nitrogen functional groups attached to an aromatic ring is 1. The number of benzene rings is 1. The van der Waals surface area contributed by atoms with Crippen LogP contribution in [0.1, 0.15) is 0 Å². The zero-order valence-corrected chi connectivity index (χ0v) is 14.9. The van der Waals surface area contributed by atoms with E-state index < -0.39 is 0 Å². The van der Waals surface area contributed by atoms with Crippen LogP contribution in [-0.4, -0.2) is 15.1 Å². The van der Waals surface area contributed by atoms with E-state index in [1.54, 1.807) is 24.5 Å². The molecule has 0 atom stereocenters. The first-order valence-electron chi connectivity index (χ1n) is 5.91. The monoisotopic (exact) mass is 505 g/mol. The maximum absolute atomic E-state index is 10.3. The van der Waals surface area contributed by atoms with E-state index in [1.807, 2.05) is 12.1 Å². The van der Waals surface area contributed by atoms with Crippen molar-refractivity contribution in [3.8, 4) is 28.5 Å². The normalized spacial score (nSPS) is 10.8. The molecular weight excluding hydrogens is 496 g/mol. The van der Waals surface area contributed by atoms with Gasteiger partial charge in [0, 0.05) is 9.13 Å². The van der Waals surface area contributed by atoms with Gasteiger partial charge in [0.05, 0.1) is 15.5 Å². The van der Waals surface area contributed by atoms with Gasteiger partial charge in [0.1, 0.15) is 11.4 Å². The molecule has 0 spiro atoms. The van der Waals surface area contributed by atoms with Crippen LogP contribution >= 0.6 is 45.2 Å². The smallest absolute Gasteiger partial charge is 0.221 e. The molecule has 5 nitrogen and oxygen atoms in total.